The standard InChI is InChI=1S/C14H18N2O2/c1-10-14(7-8-17)11(2)16(15-10)12-5-4-6-13(9-12)18-3/h4-6,9,17H,7-8H2,1-3H3. The van der Waals surface area contributed by atoms with Gasteiger partial charge in [0.05, 0.1) is 18.5 Å². The van der Waals surface area contributed by atoms with Crippen LogP contribution < -0.4 is 4.74 Å². The van der Waals surface area contributed by atoms with E-state index in [1.807, 2.05) is 42.8 Å². The highest BCUT2D eigenvalue weighted by atomic mass is 16.5. The lowest BCUT2D eigenvalue weighted by atomic mass is 10.1. The van der Waals surface area contributed by atoms with Crippen molar-refractivity contribution in [2.75, 3.05) is 13.7 Å². The summed E-state index contributed by atoms with van der Waals surface area (Å²) in [7, 11) is 1.65. The summed E-state index contributed by atoms with van der Waals surface area (Å²) in [6.45, 7) is 4.13. The predicted octanol–water partition coefficient (Wildman–Crippen LogP) is 2.03. The summed E-state index contributed by atoms with van der Waals surface area (Å²) in [5.41, 5.74) is 4.11. The molecule has 0 amide bonds. The summed E-state index contributed by atoms with van der Waals surface area (Å²) >= 11 is 0. The van der Waals surface area contributed by atoms with Crippen molar-refractivity contribution in [1.82, 2.24) is 9.78 Å². The molecule has 1 N–H and O–H groups in total. The Morgan fingerprint density at radius 2 is 2.11 bits per heavy atom. The van der Waals surface area contributed by atoms with Gasteiger partial charge in [0.2, 0.25) is 0 Å². The average Bonchev–Trinajstić information content (AvgIpc) is 2.67. The van der Waals surface area contributed by atoms with Gasteiger partial charge in [0.25, 0.3) is 0 Å². The molecule has 1 heterocycles. The zero-order valence-corrected chi connectivity index (χ0v) is 11.0. The number of ether oxygens (including phenoxy) is 1. The van der Waals surface area contributed by atoms with Crippen molar-refractivity contribution in [3.63, 3.8) is 0 Å². The number of methoxy groups -OCH3 is 1. The summed E-state index contributed by atoms with van der Waals surface area (Å²) in [4.78, 5) is 0. The van der Waals surface area contributed by atoms with Gasteiger partial charge in [-0.05, 0) is 38.0 Å². The minimum atomic E-state index is 0.144. The number of aromatic nitrogens is 2. The van der Waals surface area contributed by atoms with E-state index in [9.17, 15) is 0 Å². The first-order valence-corrected chi connectivity index (χ1v) is 5.97. The maximum absolute atomic E-state index is 9.07. The minimum absolute atomic E-state index is 0.144. The Hall–Kier alpha value is -1.81. The van der Waals surface area contributed by atoms with Crippen LogP contribution >= 0.6 is 0 Å². The van der Waals surface area contributed by atoms with Crippen molar-refractivity contribution in [3.8, 4) is 11.4 Å². The molecule has 4 nitrogen and oxygen atoms in total. The van der Waals surface area contributed by atoms with Crippen molar-refractivity contribution >= 4 is 0 Å². The Kier molecular flexibility index (Phi) is 3.67. The lowest BCUT2D eigenvalue weighted by Crippen LogP contribution is -2.00. The van der Waals surface area contributed by atoms with E-state index in [0.29, 0.717) is 6.42 Å². The summed E-state index contributed by atoms with van der Waals surface area (Å²) < 4.78 is 7.11. The number of hydrogen-bond acceptors (Lipinski definition) is 3. The predicted molar refractivity (Wildman–Crippen MR) is 70.4 cm³/mol. The number of aliphatic hydroxyl groups is 1. The zero-order chi connectivity index (χ0) is 13.1. The molecule has 2 rings (SSSR count). The largest absolute Gasteiger partial charge is 0.497 e. The number of aryl methyl sites for hydroxylation is 1. The molecule has 0 fully saturated rings. The molecule has 1 aromatic heterocycles. The lowest BCUT2D eigenvalue weighted by molar-refractivity contribution is 0.299. The third-order valence-corrected chi connectivity index (χ3v) is 3.10. The summed E-state index contributed by atoms with van der Waals surface area (Å²) in [6.07, 6.45) is 0.641. The van der Waals surface area contributed by atoms with Gasteiger partial charge in [-0.1, -0.05) is 6.07 Å². The first kappa shape index (κ1) is 12.6. The molecule has 4 heteroatoms. The molecule has 2 aromatic rings. The van der Waals surface area contributed by atoms with Crippen LogP contribution in [-0.4, -0.2) is 28.6 Å². The number of benzene rings is 1. The smallest absolute Gasteiger partial charge is 0.121 e. The van der Waals surface area contributed by atoms with Crippen molar-refractivity contribution in [2.24, 2.45) is 0 Å². The SMILES string of the molecule is COc1cccc(-n2nc(C)c(CCO)c2C)c1. The van der Waals surface area contributed by atoms with Gasteiger partial charge >= 0.3 is 0 Å². The Balaban J connectivity index is 2.47. The quantitative estimate of drug-likeness (QED) is 0.898. The van der Waals surface area contributed by atoms with E-state index in [4.69, 9.17) is 9.84 Å². The van der Waals surface area contributed by atoms with Crippen molar-refractivity contribution < 1.29 is 9.84 Å². The van der Waals surface area contributed by atoms with Crippen LogP contribution in [-0.2, 0) is 6.42 Å². The molecule has 0 aliphatic heterocycles. The van der Waals surface area contributed by atoms with Crippen LogP contribution in [0.1, 0.15) is 17.0 Å². The molecular weight excluding hydrogens is 228 g/mol. The van der Waals surface area contributed by atoms with Crippen LogP contribution in [0.15, 0.2) is 24.3 Å². The van der Waals surface area contributed by atoms with Crippen LogP contribution in [0.25, 0.3) is 5.69 Å². The highest BCUT2D eigenvalue weighted by molar-refractivity contribution is 5.41. The zero-order valence-electron chi connectivity index (χ0n) is 11.0. The van der Waals surface area contributed by atoms with Crippen molar-refractivity contribution in [1.29, 1.82) is 0 Å². The lowest BCUT2D eigenvalue weighted by Gasteiger charge is -2.07. The van der Waals surface area contributed by atoms with Crippen molar-refractivity contribution in [2.45, 2.75) is 20.3 Å². The van der Waals surface area contributed by atoms with Gasteiger partial charge in [-0.15, -0.1) is 0 Å². The number of nitrogens with zero attached hydrogens (tertiary/aromatic N) is 2. The van der Waals surface area contributed by atoms with E-state index in [1.54, 1.807) is 7.11 Å². The molecule has 0 bridgehead atoms. The number of aliphatic hydroxyl groups excluding tert-OH is 1. The van der Waals surface area contributed by atoms with Gasteiger partial charge in [-0.25, -0.2) is 4.68 Å². The van der Waals surface area contributed by atoms with Gasteiger partial charge in [0.15, 0.2) is 0 Å². The van der Waals surface area contributed by atoms with Crippen LogP contribution in [0.5, 0.6) is 5.75 Å². The normalized spacial score (nSPS) is 10.7. The Bertz CT molecular complexity index is 547. The maximum Gasteiger partial charge on any atom is 0.121 e. The summed E-state index contributed by atoms with van der Waals surface area (Å²) in [5.74, 6) is 0.809. The van der Waals surface area contributed by atoms with Gasteiger partial charge in [-0.2, -0.15) is 5.10 Å². The fourth-order valence-corrected chi connectivity index (χ4v) is 2.14. The third kappa shape index (κ3) is 2.24. The van der Waals surface area contributed by atoms with E-state index in [2.05, 4.69) is 5.10 Å². The first-order valence-electron chi connectivity index (χ1n) is 5.97. The van der Waals surface area contributed by atoms with Crippen LogP contribution in [0, 0.1) is 13.8 Å². The van der Waals surface area contributed by atoms with Crippen molar-refractivity contribution in [3.05, 3.63) is 41.2 Å². The fraction of sp³-hybridized carbons (Fsp3) is 0.357. The second kappa shape index (κ2) is 5.23. The van der Waals surface area contributed by atoms with Crippen LogP contribution in [0.2, 0.25) is 0 Å². The van der Waals surface area contributed by atoms with E-state index in [-0.39, 0.29) is 6.61 Å². The van der Waals surface area contributed by atoms with Gasteiger partial charge in [0.1, 0.15) is 5.75 Å². The minimum Gasteiger partial charge on any atom is -0.497 e. The average molecular weight is 246 g/mol. The number of hydrogen-bond donors (Lipinski definition) is 1. The Labute approximate surface area is 107 Å². The van der Waals surface area contributed by atoms with Crippen LogP contribution in [0.3, 0.4) is 0 Å². The second-order valence-electron chi connectivity index (χ2n) is 4.24. The Morgan fingerprint density at radius 1 is 1.33 bits per heavy atom. The molecular formula is C14H18N2O2. The van der Waals surface area contributed by atoms with Gasteiger partial charge in [-0.3, -0.25) is 0 Å². The molecule has 0 aliphatic carbocycles. The highest BCUT2D eigenvalue weighted by Gasteiger charge is 2.12. The van der Waals surface area contributed by atoms with E-state index < -0.39 is 0 Å². The molecule has 0 aliphatic rings. The Morgan fingerprint density at radius 3 is 2.78 bits per heavy atom. The second-order valence-corrected chi connectivity index (χ2v) is 4.24. The summed E-state index contributed by atoms with van der Waals surface area (Å²) in [6, 6.07) is 7.78. The van der Waals surface area contributed by atoms with E-state index in [0.717, 1.165) is 28.4 Å². The highest BCUT2D eigenvalue weighted by Crippen LogP contribution is 2.21. The monoisotopic (exact) mass is 246 g/mol. The van der Waals surface area contributed by atoms with Gasteiger partial charge < -0.3 is 9.84 Å². The molecule has 96 valence electrons. The fourth-order valence-electron chi connectivity index (χ4n) is 2.14. The van der Waals surface area contributed by atoms with E-state index >= 15 is 0 Å². The summed E-state index contributed by atoms with van der Waals surface area (Å²) in [5, 5.41) is 13.6. The molecule has 0 unspecified atom stereocenters. The molecule has 1 aromatic carbocycles. The van der Waals surface area contributed by atoms with Gasteiger partial charge in [0, 0.05) is 18.4 Å². The number of rotatable bonds is 4. The maximum atomic E-state index is 9.07. The first-order chi connectivity index (χ1) is 8.67. The third-order valence-electron chi connectivity index (χ3n) is 3.10. The molecule has 0 spiro atoms. The van der Waals surface area contributed by atoms with Crippen LogP contribution in [0.4, 0.5) is 0 Å². The molecule has 0 radical (unpaired) electrons. The topological polar surface area (TPSA) is 47.3 Å². The molecule has 18 heavy (non-hydrogen) atoms. The molecule has 0 saturated heterocycles. The van der Waals surface area contributed by atoms with E-state index in [1.165, 1.54) is 0 Å². The molecule has 0 atom stereocenters. The molecule has 0 saturated carbocycles.